The number of hydrogen-bond donors (Lipinski definition) is 2. The Balaban J connectivity index is 2.08. The average molecular weight is 262 g/mol. The molecule has 104 valence electrons. The van der Waals surface area contributed by atoms with Gasteiger partial charge in [0.1, 0.15) is 5.75 Å². The second-order valence-corrected chi connectivity index (χ2v) is 5.42. The van der Waals surface area contributed by atoms with Gasteiger partial charge in [0.15, 0.2) is 0 Å². The maximum absolute atomic E-state index is 12.4. The zero-order chi connectivity index (χ0) is 13.9. The van der Waals surface area contributed by atoms with Gasteiger partial charge in [0.2, 0.25) is 5.91 Å². The van der Waals surface area contributed by atoms with Crippen LogP contribution in [0.15, 0.2) is 24.3 Å². The van der Waals surface area contributed by atoms with Crippen LogP contribution in [0.25, 0.3) is 0 Å². The lowest BCUT2D eigenvalue weighted by molar-refractivity contribution is -0.129. The number of carbonyl (C=O) groups is 1. The Bertz CT molecular complexity index is 453. The van der Waals surface area contributed by atoms with Gasteiger partial charge in [-0.2, -0.15) is 0 Å². The molecule has 0 spiro atoms. The van der Waals surface area contributed by atoms with Crippen molar-refractivity contribution in [3.63, 3.8) is 0 Å². The van der Waals surface area contributed by atoms with Crippen LogP contribution < -0.4 is 15.4 Å². The highest BCUT2D eigenvalue weighted by Crippen LogP contribution is 2.28. The van der Waals surface area contributed by atoms with Gasteiger partial charge in [-0.05, 0) is 32.9 Å². The van der Waals surface area contributed by atoms with E-state index >= 15 is 0 Å². The zero-order valence-electron chi connectivity index (χ0n) is 11.8. The Kier molecular flexibility index (Phi) is 4.10. The molecule has 1 aromatic carbocycles. The molecule has 1 aliphatic heterocycles. The fraction of sp³-hybridized carbons (Fsp3) is 0.533. The Hall–Kier alpha value is -1.55. The van der Waals surface area contributed by atoms with Crippen molar-refractivity contribution in [2.45, 2.75) is 26.3 Å². The molecular formula is C15H22N2O2. The van der Waals surface area contributed by atoms with E-state index in [2.05, 4.69) is 10.6 Å². The highest BCUT2D eigenvalue weighted by Gasteiger charge is 2.36. The van der Waals surface area contributed by atoms with Gasteiger partial charge in [0.25, 0.3) is 0 Å². The molecule has 1 amide bonds. The number of amides is 1. The van der Waals surface area contributed by atoms with Crippen molar-refractivity contribution in [3.8, 4) is 5.75 Å². The summed E-state index contributed by atoms with van der Waals surface area (Å²) in [7, 11) is 1.65. The zero-order valence-corrected chi connectivity index (χ0v) is 11.8. The van der Waals surface area contributed by atoms with E-state index in [1.165, 1.54) is 0 Å². The molecule has 1 aromatic rings. The normalized spacial score (nSPS) is 23.9. The molecule has 1 saturated heterocycles. The maximum Gasteiger partial charge on any atom is 0.227 e. The molecule has 0 aromatic heterocycles. The first kappa shape index (κ1) is 13.9. The molecule has 4 heteroatoms. The third-order valence-electron chi connectivity index (χ3n) is 3.87. The Morgan fingerprint density at radius 2 is 2.21 bits per heavy atom. The average Bonchev–Trinajstić information content (AvgIpc) is 2.87. The number of rotatable bonds is 4. The number of benzene rings is 1. The fourth-order valence-electron chi connectivity index (χ4n) is 2.48. The van der Waals surface area contributed by atoms with Crippen LogP contribution in [0.4, 0.5) is 0 Å². The standard InChI is InChI=1S/C15H22N2O2/c1-11(12-6-4-5-7-13(12)19-3)17-14(18)15(2)8-9-16-10-15/h4-7,11,16H,8-10H2,1-3H3,(H,17,18)/t11-,15?/m0/s1. The molecule has 2 atom stereocenters. The highest BCUT2D eigenvalue weighted by atomic mass is 16.5. The highest BCUT2D eigenvalue weighted by molar-refractivity contribution is 5.83. The van der Waals surface area contributed by atoms with E-state index in [4.69, 9.17) is 4.74 Å². The van der Waals surface area contributed by atoms with E-state index in [0.717, 1.165) is 30.8 Å². The minimum atomic E-state index is -0.295. The molecule has 1 unspecified atom stereocenters. The van der Waals surface area contributed by atoms with Crippen molar-refractivity contribution >= 4 is 5.91 Å². The van der Waals surface area contributed by atoms with E-state index in [9.17, 15) is 4.79 Å². The molecule has 0 bridgehead atoms. The molecule has 0 aliphatic carbocycles. The van der Waals surface area contributed by atoms with Gasteiger partial charge in [-0.15, -0.1) is 0 Å². The molecule has 2 N–H and O–H groups in total. The summed E-state index contributed by atoms with van der Waals surface area (Å²) in [6.07, 6.45) is 0.886. The summed E-state index contributed by atoms with van der Waals surface area (Å²) in [5, 5.41) is 6.34. The quantitative estimate of drug-likeness (QED) is 0.871. The third kappa shape index (κ3) is 2.89. The van der Waals surface area contributed by atoms with Crippen molar-refractivity contribution in [1.29, 1.82) is 0 Å². The second-order valence-electron chi connectivity index (χ2n) is 5.42. The Morgan fingerprint density at radius 1 is 1.47 bits per heavy atom. The van der Waals surface area contributed by atoms with Gasteiger partial charge < -0.3 is 15.4 Å². The van der Waals surface area contributed by atoms with E-state index in [1.807, 2.05) is 38.1 Å². The topological polar surface area (TPSA) is 50.4 Å². The number of ether oxygens (including phenoxy) is 1. The van der Waals surface area contributed by atoms with Crippen LogP contribution in [-0.4, -0.2) is 26.1 Å². The fourth-order valence-corrected chi connectivity index (χ4v) is 2.48. The van der Waals surface area contributed by atoms with Gasteiger partial charge in [-0.3, -0.25) is 4.79 Å². The first-order valence-electron chi connectivity index (χ1n) is 6.71. The van der Waals surface area contributed by atoms with Crippen LogP contribution in [0.2, 0.25) is 0 Å². The monoisotopic (exact) mass is 262 g/mol. The van der Waals surface area contributed by atoms with Gasteiger partial charge in [-0.25, -0.2) is 0 Å². The van der Waals surface area contributed by atoms with Gasteiger partial charge in [0.05, 0.1) is 18.6 Å². The van der Waals surface area contributed by atoms with Crippen LogP contribution in [-0.2, 0) is 4.79 Å². The number of carbonyl (C=O) groups excluding carboxylic acids is 1. The predicted molar refractivity (Wildman–Crippen MR) is 75.1 cm³/mol. The molecule has 1 aliphatic rings. The summed E-state index contributed by atoms with van der Waals surface area (Å²) < 4.78 is 5.34. The van der Waals surface area contributed by atoms with Crippen molar-refractivity contribution in [3.05, 3.63) is 29.8 Å². The van der Waals surface area contributed by atoms with E-state index in [0.29, 0.717) is 0 Å². The SMILES string of the molecule is COc1ccccc1[C@H](C)NC(=O)C1(C)CCNC1. The summed E-state index contributed by atoms with van der Waals surface area (Å²) in [6.45, 7) is 5.66. The molecule has 4 nitrogen and oxygen atoms in total. The van der Waals surface area contributed by atoms with Gasteiger partial charge in [0, 0.05) is 12.1 Å². The molecular weight excluding hydrogens is 240 g/mol. The van der Waals surface area contributed by atoms with Crippen molar-refractivity contribution in [2.24, 2.45) is 5.41 Å². The van der Waals surface area contributed by atoms with E-state index < -0.39 is 0 Å². The predicted octanol–water partition coefficient (Wildman–Crippen LogP) is 1.87. The van der Waals surface area contributed by atoms with Crippen LogP contribution in [0.1, 0.15) is 31.9 Å². The summed E-state index contributed by atoms with van der Waals surface area (Å²) >= 11 is 0. The van der Waals surface area contributed by atoms with Crippen LogP contribution in [0, 0.1) is 5.41 Å². The lowest BCUT2D eigenvalue weighted by Crippen LogP contribution is -2.41. The van der Waals surface area contributed by atoms with Crippen molar-refractivity contribution in [2.75, 3.05) is 20.2 Å². The summed E-state index contributed by atoms with van der Waals surface area (Å²) in [6, 6.07) is 7.73. The Morgan fingerprint density at radius 3 is 2.84 bits per heavy atom. The van der Waals surface area contributed by atoms with Crippen LogP contribution in [0.3, 0.4) is 0 Å². The maximum atomic E-state index is 12.4. The van der Waals surface area contributed by atoms with Gasteiger partial charge in [-0.1, -0.05) is 18.2 Å². The molecule has 2 rings (SSSR count). The Labute approximate surface area is 114 Å². The van der Waals surface area contributed by atoms with Crippen molar-refractivity contribution in [1.82, 2.24) is 10.6 Å². The molecule has 19 heavy (non-hydrogen) atoms. The minimum Gasteiger partial charge on any atom is -0.496 e. The van der Waals surface area contributed by atoms with Crippen molar-refractivity contribution < 1.29 is 9.53 Å². The van der Waals surface area contributed by atoms with E-state index in [1.54, 1.807) is 7.11 Å². The van der Waals surface area contributed by atoms with Crippen LogP contribution >= 0.6 is 0 Å². The van der Waals surface area contributed by atoms with E-state index in [-0.39, 0.29) is 17.4 Å². The number of nitrogens with one attached hydrogen (secondary N) is 2. The lowest BCUT2D eigenvalue weighted by atomic mass is 9.88. The first-order valence-corrected chi connectivity index (χ1v) is 6.71. The summed E-state index contributed by atoms with van der Waals surface area (Å²) in [5.74, 6) is 0.918. The number of hydrogen-bond acceptors (Lipinski definition) is 3. The number of para-hydroxylation sites is 1. The largest absolute Gasteiger partial charge is 0.496 e. The third-order valence-corrected chi connectivity index (χ3v) is 3.87. The van der Waals surface area contributed by atoms with Gasteiger partial charge >= 0.3 is 0 Å². The summed E-state index contributed by atoms with van der Waals surface area (Å²) in [5.41, 5.74) is 0.712. The minimum absolute atomic E-state index is 0.0546. The smallest absolute Gasteiger partial charge is 0.227 e. The molecule has 1 fully saturated rings. The molecule has 1 heterocycles. The van der Waals surface area contributed by atoms with Crippen LogP contribution in [0.5, 0.6) is 5.75 Å². The summed E-state index contributed by atoms with van der Waals surface area (Å²) in [4.78, 5) is 12.4. The molecule has 0 saturated carbocycles. The second kappa shape index (κ2) is 5.61. The molecule has 0 radical (unpaired) electrons. The lowest BCUT2D eigenvalue weighted by Gasteiger charge is -2.25. The number of methoxy groups -OCH3 is 1. The first-order chi connectivity index (χ1) is 9.07.